The predicted octanol–water partition coefficient (Wildman–Crippen LogP) is 5.96. The standard InChI is InChI=1S/C29H19BrN4O5/c1-36-15-11-12-20(37-2)18(13-15)22-23-25(17-8-4-6-10-21(17)38-29(23)35)39-28-24(22)27-32-26(33-34(27)14-31-28)16-7-3-5-9-19(16)30/h3-14,22H,1-2H3. The summed E-state index contributed by atoms with van der Waals surface area (Å²) in [6, 6.07) is 20.4. The average Bonchev–Trinajstić information content (AvgIpc) is 3.40. The minimum Gasteiger partial charge on any atom is -0.497 e. The lowest BCUT2D eigenvalue weighted by Gasteiger charge is -2.28. The van der Waals surface area contributed by atoms with E-state index in [9.17, 15) is 4.79 Å². The van der Waals surface area contributed by atoms with Crippen LogP contribution in [0, 0.1) is 0 Å². The van der Waals surface area contributed by atoms with Gasteiger partial charge in [0.05, 0.1) is 36.7 Å². The van der Waals surface area contributed by atoms with Crippen molar-refractivity contribution in [2.75, 3.05) is 14.2 Å². The van der Waals surface area contributed by atoms with Crippen molar-refractivity contribution < 1.29 is 18.6 Å². The molecule has 1 aliphatic rings. The largest absolute Gasteiger partial charge is 0.497 e. The van der Waals surface area contributed by atoms with E-state index >= 15 is 0 Å². The normalized spacial score (nSPS) is 14.1. The summed E-state index contributed by atoms with van der Waals surface area (Å²) in [6.07, 6.45) is 1.56. The van der Waals surface area contributed by atoms with E-state index in [1.807, 2.05) is 42.5 Å². The summed E-state index contributed by atoms with van der Waals surface area (Å²) in [4.78, 5) is 23.1. The van der Waals surface area contributed by atoms with E-state index in [1.54, 1.807) is 49.3 Å². The molecule has 9 nitrogen and oxygen atoms in total. The Hall–Kier alpha value is -4.70. The van der Waals surface area contributed by atoms with Crippen molar-refractivity contribution >= 4 is 32.5 Å². The van der Waals surface area contributed by atoms with Crippen LogP contribution in [0.1, 0.15) is 22.6 Å². The molecule has 1 aliphatic heterocycles. The van der Waals surface area contributed by atoms with Crippen molar-refractivity contribution in [2.24, 2.45) is 0 Å². The second kappa shape index (κ2) is 8.95. The molecule has 0 N–H and O–H groups in total. The Balaban J connectivity index is 1.58. The number of benzene rings is 3. The number of ether oxygens (including phenoxy) is 3. The third-order valence-corrected chi connectivity index (χ3v) is 7.52. The Morgan fingerprint density at radius 3 is 2.62 bits per heavy atom. The molecule has 0 fully saturated rings. The molecule has 4 heterocycles. The molecule has 7 rings (SSSR count). The maximum atomic E-state index is 13.6. The van der Waals surface area contributed by atoms with Crippen LogP contribution in [0.4, 0.5) is 0 Å². The summed E-state index contributed by atoms with van der Waals surface area (Å²) < 4.78 is 25.9. The van der Waals surface area contributed by atoms with Gasteiger partial charge < -0.3 is 18.6 Å². The molecule has 6 aromatic rings. The quantitative estimate of drug-likeness (QED) is 0.234. The first-order valence-corrected chi connectivity index (χ1v) is 12.8. The van der Waals surface area contributed by atoms with Gasteiger partial charge in [0.1, 0.15) is 23.4 Å². The predicted molar refractivity (Wildman–Crippen MR) is 147 cm³/mol. The van der Waals surface area contributed by atoms with Crippen LogP contribution in [0.15, 0.2) is 86.7 Å². The van der Waals surface area contributed by atoms with Crippen LogP contribution in [0.3, 0.4) is 0 Å². The molecule has 0 amide bonds. The molecule has 0 spiro atoms. The Labute approximate surface area is 229 Å². The number of para-hydroxylation sites is 1. The molecule has 39 heavy (non-hydrogen) atoms. The van der Waals surface area contributed by atoms with Crippen molar-refractivity contribution in [3.8, 4) is 34.5 Å². The van der Waals surface area contributed by atoms with E-state index in [2.05, 4.69) is 26.0 Å². The van der Waals surface area contributed by atoms with Gasteiger partial charge in [-0.25, -0.2) is 19.3 Å². The number of fused-ring (bicyclic) bond motifs is 6. The zero-order chi connectivity index (χ0) is 26.7. The fourth-order valence-corrected chi connectivity index (χ4v) is 5.52. The van der Waals surface area contributed by atoms with Crippen LogP contribution in [-0.2, 0) is 0 Å². The topological polar surface area (TPSA) is 101 Å². The molecule has 1 unspecified atom stereocenters. The molecule has 0 aliphatic carbocycles. The minimum absolute atomic E-state index is 0.312. The van der Waals surface area contributed by atoms with Crippen LogP contribution in [0.25, 0.3) is 28.0 Å². The molecule has 10 heteroatoms. The van der Waals surface area contributed by atoms with Crippen LogP contribution >= 0.6 is 15.9 Å². The number of hydrogen-bond donors (Lipinski definition) is 0. The molecule has 0 bridgehead atoms. The Morgan fingerprint density at radius 2 is 1.79 bits per heavy atom. The summed E-state index contributed by atoms with van der Waals surface area (Å²) >= 11 is 3.59. The number of hydrogen-bond acceptors (Lipinski definition) is 8. The number of nitrogens with zero attached hydrogens (tertiary/aromatic N) is 4. The van der Waals surface area contributed by atoms with Crippen molar-refractivity contribution in [1.29, 1.82) is 0 Å². The van der Waals surface area contributed by atoms with Gasteiger partial charge >= 0.3 is 5.63 Å². The van der Waals surface area contributed by atoms with Crippen molar-refractivity contribution in [2.45, 2.75) is 5.92 Å². The van der Waals surface area contributed by atoms with Gasteiger partial charge in [-0.3, -0.25) is 0 Å². The van der Waals surface area contributed by atoms with Gasteiger partial charge in [0, 0.05) is 15.6 Å². The number of rotatable bonds is 4. The maximum Gasteiger partial charge on any atom is 0.344 e. The van der Waals surface area contributed by atoms with Gasteiger partial charge in [-0.15, -0.1) is 5.10 Å². The fourth-order valence-electron chi connectivity index (χ4n) is 5.06. The Kier molecular flexibility index (Phi) is 5.38. The number of halogens is 1. The third-order valence-electron chi connectivity index (χ3n) is 6.82. The monoisotopic (exact) mass is 582 g/mol. The lowest BCUT2D eigenvalue weighted by atomic mass is 9.83. The highest BCUT2D eigenvalue weighted by atomic mass is 79.9. The van der Waals surface area contributed by atoms with Gasteiger partial charge in [-0.2, -0.15) is 0 Å². The highest BCUT2D eigenvalue weighted by Crippen LogP contribution is 2.51. The van der Waals surface area contributed by atoms with Crippen LogP contribution in [0.2, 0.25) is 0 Å². The second-order valence-electron chi connectivity index (χ2n) is 8.92. The second-order valence-corrected chi connectivity index (χ2v) is 9.77. The van der Waals surface area contributed by atoms with E-state index in [-0.39, 0.29) is 0 Å². The summed E-state index contributed by atoms with van der Waals surface area (Å²) in [7, 11) is 3.16. The zero-order valence-electron chi connectivity index (χ0n) is 20.7. The zero-order valence-corrected chi connectivity index (χ0v) is 22.3. The smallest absolute Gasteiger partial charge is 0.344 e. The molecule has 0 saturated heterocycles. The summed E-state index contributed by atoms with van der Waals surface area (Å²) in [5, 5.41) is 5.34. The SMILES string of the molecule is COc1ccc(OC)c(C2c3c(c4ccccc4oc3=O)Oc3ncn4nc(-c5ccccc5Br)nc4c32)c1. The molecule has 192 valence electrons. The number of aromatic nitrogens is 4. The molecule has 0 radical (unpaired) electrons. The lowest BCUT2D eigenvalue weighted by Crippen LogP contribution is -2.22. The highest BCUT2D eigenvalue weighted by Gasteiger charge is 2.39. The van der Waals surface area contributed by atoms with Gasteiger partial charge in [0.15, 0.2) is 17.2 Å². The van der Waals surface area contributed by atoms with Crippen LogP contribution < -0.4 is 19.8 Å². The van der Waals surface area contributed by atoms with E-state index in [1.165, 1.54) is 0 Å². The highest BCUT2D eigenvalue weighted by molar-refractivity contribution is 9.10. The van der Waals surface area contributed by atoms with Crippen LogP contribution in [-0.4, -0.2) is 33.8 Å². The maximum absolute atomic E-state index is 13.6. The fraction of sp³-hybridized carbons (Fsp3) is 0.103. The van der Waals surface area contributed by atoms with E-state index in [0.29, 0.717) is 62.3 Å². The van der Waals surface area contributed by atoms with Crippen molar-refractivity contribution in [3.05, 3.63) is 105 Å². The lowest BCUT2D eigenvalue weighted by molar-refractivity contribution is 0.392. The first kappa shape index (κ1) is 23.4. The number of methoxy groups -OCH3 is 2. The molecular formula is C29H19BrN4O5. The average molecular weight is 583 g/mol. The molecule has 3 aromatic heterocycles. The van der Waals surface area contributed by atoms with Crippen molar-refractivity contribution in [1.82, 2.24) is 19.6 Å². The van der Waals surface area contributed by atoms with Gasteiger partial charge in [0.2, 0.25) is 5.88 Å². The minimum atomic E-state index is -0.706. The van der Waals surface area contributed by atoms with Gasteiger partial charge in [0.25, 0.3) is 0 Å². The third kappa shape index (κ3) is 3.59. The van der Waals surface area contributed by atoms with Gasteiger partial charge in [-0.05, 0) is 42.5 Å². The molecule has 0 saturated carbocycles. The van der Waals surface area contributed by atoms with E-state index in [0.717, 1.165) is 10.0 Å². The Bertz CT molecular complexity index is 1980. The molecular weight excluding hydrogens is 564 g/mol. The Morgan fingerprint density at radius 1 is 0.974 bits per heavy atom. The molecule has 3 aromatic carbocycles. The van der Waals surface area contributed by atoms with Gasteiger partial charge in [-0.1, -0.05) is 40.2 Å². The molecule has 1 atom stereocenters. The summed E-state index contributed by atoms with van der Waals surface area (Å²) in [6.45, 7) is 0. The summed E-state index contributed by atoms with van der Waals surface area (Å²) in [5.41, 5.74) is 2.73. The van der Waals surface area contributed by atoms with E-state index < -0.39 is 11.5 Å². The summed E-state index contributed by atoms with van der Waals surface area (Å²) in [5.74, 6) is 1.63. The first-order chi connectivity index (χ1) is 19.1. The van der Waals surface area contributed by atoms with Crippen molar-refractivity contribution in [3.63, 3.8) is 0 Å². The first-order valence-electron chi connectivity index (χ1n) is 12.0. The van der Waals surface area contributed by atoms with E-state index in [4.69, 9.17) is 23.6 Å². The van der Waals surface area contributed by atoms with Crippen LogP contribution in [0.5, 0.6) is 23.1 Å².